The summed E-state index contributed by atoms with van der Waals surface area (Å²) >= 11 is 0. The van der Waals surface area contributed by atoms with Crippen LogP contribution in [0.1, 0.15) is 5.56 Å². The number of fused-ring (bicyclic) bond motifs is 1. The maximum absolute atomic E-state index is 14.6. The number of anilines is 3. The Morgan fingerprint density at radius 2 is 1.74 bits per heavy atom. The lowest BCUT2D eigenvalue weighted by atomic mass is 9.99. The topological polar surface area (TPSA) is 75.5 Å². The third-order valence-electron chi connectivity index (χ3n) is 6.47. The molecule has 1 N–H and O–H groups in total. The molecule has 0 saturated carbocycles. The smallest absolute Gasteiger partial charge is 0.412 e. The molecule has 4 aromatic rings. The van der Waals surface area contributed by atoms with Gasteiger partial charge in [-0.15, -0.1) is 4.73 Å². The first kappa shape index (κ1) is 25.5. The first-order valence-electron chi connectivity index (χ1n) is 11.8. The van der Waals surface area contributed by atoms with Crippen molar-refractivity contribution in [3.05, 3.63) is 76.5 Å². The summed E-state index contributed by atoms with van der Waals surface area (Å²) in [5.74, 6) is -1.04. The quantitative estimate of drug-likeness (QED) is 0.390. The predicted octanol–water partition coefficient (Wildman–Crippen LogP) is 4.17. The van der Waals surface area contributed by atoms with Crippen LogP contribution in [0.25, 0.3) is 22.2 Å². The molecule has 198 valence electrons. The zero-order chi connectivity index (χ0) is 27.0. The minimum Gasteiger partial charge on any atom is -0.412 e. The Labute approximate surface area is 215 Å². The fourth-order valence-electron chi connectivity index (χ4n) is 4.46. The number of nitrogens with one attached hydrogen (secondary N) is 1. The van der Waals surface area contributed by atoms with E-state index in [0.29, 0.717) is 5.69 Å². The van der Waals surface area contributed by atoms with E-state index in [1.165, 1.54) is 13.3 Å². The van der Waals surface area contributed by atoms with E-state index in [0.717, 1.165) is 60.9 Å². The van der Waals surface area contributed by atoms with Crippen LogP contribution in [0.15, 0.2) is 59.5 Å². The number of aromatic nitrogens is 3. The number of nitrogens with zero attached hydrogens (tertiary/aromatic N) is 5. The minimum atomic E-state index is -4.87. The number of likely N-dealkylation sites (N-methyl/N-ethyl adjacent to an activating group) is 1. The number of benzene rings is 2. The van der Waals surface area contributed by atoms with Crippen LogP contribution >= 0.6 is 0 Å². The molecule has 1 aliphatic heterocycles. The van der Waals surface area contributed by atoms with Gasteiger partial charge < -0.3 is 20.0 Å². The minimum absolute atomic E-state index is 0.0118. The van der Waals surface area contributed by atoms with Gasteiger partial charge in [0.05, 0.1) is 11.1 Å². The van der Waals surface area contributed by atoms with Crippen molar-refractivity contribution < 1.29 is 22.4 Å². The number of piperazine rings is 1. The highest BCUT2D eigenvalue weighted by Crippen LogP contribution is 2.38. The fourth-order valence-corrected chi connectivity index (χ4v) is 4.46. The molecule has 0 bridgehead atoms. The Bertz CT molecular complexity index is 1530. The molecule has 1 fully saturated rings. The van der Waals surface area contributed by atoms with E-state index in [1.807, 2.05) is 24.3 Å². The second-order valence-corrected chi connectivity index (χ2v) is 8.94. The molecular formula is C26H24F4N6O2. The molecule has 38 heavy (non-hydrogen) atoms. The molecular weight excluding hydrogens is 504 g/mol. The average molecular weight is 529 g/mol. The maximum Gasteiger partial charge on any atom is 0.417 e. The summed E-state index contributed by atoms with van der Waals surface area (Å²) in [5, 5.41) is 3.25. The van der Waals surface area contributed by atoms with Crippen molar-refractivity contribution in [3.8, 4) is 11.1 Å². The lowest BCUT2D eigenvalue weighted by molar-refractivity contribution is -0.137. The van der Waals surface area contributed by atoms with Crippen LogP contribution in [0.4, 0.5) is 34.9 Å². The zero-order valence-corrected chi connectivity index (χ0v) is 20.6. The van der Waals surface area contributed by atoms with E-state index in [4.69, 9.17) is 4.84 Å². The van der Waals surface area contributed by atoms with Crippen LogP contribution < -0.4 is 20.6 Å². The highest BCUT2D eigenvalue weighted by atomic mass is 19.4. The van der Waals surface area contributed by atoms with Crippen LogP contribution in [-0.4, -0.2) is 59.9 Å². The van der Waals surface area contributed by atoms with Gasteiger partial charge in [-0.25, -0.2) is 9.37 Å². The van der Waals surface area contributed by atoms with E-state index < -0.39 is 34.2 Å². The third-order valence-corrected chi connectivity index (χ3v) is 6.47. The molecule has 8 nitrogen and oxygen atoms in total. The highest BCUT2D eigenvalue weighted by molar-refractivity contribution is 5.82. The zero-order valence-electron chi connectivity index (χ0n) is 20.6. The summed E-state index contributed by atoms with van der Waals surface area (Å²) in [7, 11) is 3.26. The van der Waals surface area contributed by atoms with E-state index in [1.54, 1.807) is 0 Å². The summed E-state index contributed by atoms with van der Waals surface area (Å²) < 4.78 is 56.2. The van der Waals surface area contributed by atoms with Gasteiger partial charge in [-0.1, -0.05) is 6.07 Å². The van der Waals surface area contributed by atoms with Gasteiger partial charge in [-0.05, 0) is 49.5 Å². The Balaban J connectivity index is 1.49. The van der Waals surface area contributed by atoms with Gasteiger partial charge in [0.15, 0.2) is 5.65 Å². The van der Waals surface area contributed by atoms with E-state index in [9.17, 15) is 22.4 Å². The van der Waals surface area contributed by atoms with Gasteiger partial charge in [-0.2, -0.15) is 18.2 Å². The van der Waals surface area contributed by atoms with Gasteiger partial charge in [0, 0.05) is 54.7 Å². The van der Waals surface area contributed by atoms with Crippen molar-refractivity contribution in [3.63, 3.8) is 0 Å². The maximum atomic E-state index is 14.6. The molecule has 0 spiro atoms. The Morgan fingerprint density at radius 1 is 1.03 bits per heavy atom. The van der Waals surface area contributed by atoms with Gasteiger partial charge >= 0.3 is 6.18 Å². The second-order valence-electron chi connectivity index (χ2n) is 8.94. The molecule has 0 amide bonds. The van der Waals surface area contributed by atoms with Crippen LogP contribution in [0.3, 0.4) is 0 Å². The molecule has 5 rings (SSSR count). The molecule has 2 aromatic carbocycles. The normalized spacial score (nSPS) is 14.6. The molecule has 3 heterocycles. The Morgan fingerprint density at radius 3 is 2.39 bits per heavy atom. The predicted molar refractivity (Wildman–Crippen MR) is 136 cm³/mol. The monoisotopic (exact) mass is 528 g/mol. The second kappa shape index (κ2) is 9.93. The molecule has 0 aliphatic carbocycles. The van der Waals surface area contributed by atoms with Crippen molar-refractivity contribution in [2.45, 2.75) is 6.18 Å². The summed E-state index contributed by atoms with van der Waals surface area (Å²) in [4.78, 5) is 31.4. The van der Waals surface area contributed by atoms with Crippen molar-refractivity contribution in [2.24, 2.45) is 0 Å². The van der Waals surface area contributed by atoms with Crippen molar-refractivity contribution in [1.82, 2.24) is 19.6 Å². The number of hydrogen-bond acceptors (Lipinski definition) is 7. The van der Waals surface area contributed by atoms with Crippen molar-refractivity contribution in [2.75, 3.05) is 50.6 Å². The SMILES string of the molecule is COn1c(=O)c(-c2c(F)cccc2C(F)(F)F)cc2cnc(Nc3ccc(N4CCN(C)CC4)cc3)nc21. The van der Waals surface area contributed by atoms with Gasteiger partial charge in [0.1, 0.15) is 12.9 Å². The number of hydrogen-bond donors (Lipinski definition) is 1. The van der Waals surface area contributed by atoms with Crippen LogP contribution in [0.2, 0.25) is 0 Å². The number of halogens is 4. The van der Waals surface area contributed by atoms with E-state index in [-0.39, 0.29) is 17.0 Å². The molecule has 0 unspecified atom stereocenters. The molecule has 0 atom stereocenters. The first-order chi connectivity index (χ1) is 18.2. The average Bonchev–Trinajstić information content (AvgIpc) is 2.89. The van der Waals surface area contributed by atoms with Crippen LogP contribution in [0, 0.1) is 5.82 Å². The number of alkyl halides is 3. The number of rotatable bonds is 5. The van der Waals surface area contributed by atoms with Crippen molar-refractivity contribution in [1.29, 1.82) is 0 Å². The highest BCUT2D eigenvalue weighted by Gasteiger charge is 2.36. The van der Waals surface area contributed by atoms with Gasteiger partial charge in [0.25, 0.3) is 5.56 Å². The summed E-state index contributed by atoms with van der Waals surface area (Å²) in [6, 6.07) is 11.4. The summed E-state index contributed by atoms with van der Waals surface area (Å²) in [5.41, 5.74) is -1.83. The van der Waals surface area contributed by atoms with Crippen LogP contribution in [0.5, 0.6) is 0 Å². The molecule has 1 aliphatic rings. The standard InChI is InChI=1S/C26H24F4N6O2/c1-34-10-12-35(13-11-34)18-8-6-17(7-9-18)32-25-31-15-16-14-19(24(37)36(38-2)23(16)33-25)22-20(26(28,29)30)4-3-5-21(22)27/h3-9,14-15H,10-13H2,1-2H3,(H,31,32,33). The van der Waals surface area contributed by atoms with Crippen LogP contribution in [-0.2, 0) is 6.18 Å². The summed E-state index contributed by atoms with van der Waals surface area (Å²) in [6.07, 6.45) is -3.54. The van der Waals surface area contributed by atoms with Gasteiger partial charge in [-0.3, -0.25) is 4.79 Å². The molecule has 2 aromatic heterocycles. The fraction of sp³-hybridized carbons (Fsp3) is 0.269. The Hall–Kier alpha value is -4.19. The third kappa shape index (κ3) is 4.86. The molecule has 12 heteroatoms. The number of pyridine rings is 1. The summed E-state index contributed by atoms with van der Waals surface area (Å²) in [6.45, 7) is 3.85. The van der Waals surface area contributed by atoms with Gasteiger partial charge in [0.2, 0.25) is 5.95 Å². The largest absolute Gasteiger partial charge is 0.417 e. The van der Waals surface area contributed by atoms with E-state index >= 15 is 0 Å². The first-order valence-corrected chi connectivity index (χ1v) is 11.8. The van der Waals surface area contributed by atoms with E-state index in [2.05, 4.69) is 32.1 Å². The lowest BCUT2D eigenvalue weighted by Crippen LogP contribution is -2.44. The Kier molecular flexibility index (Phi) is 6.66. The molecule has 0 radical (unpaired) electrons. The molecule has 1 saturated heterocycles. The van der Waals surface area contributed by atoms with Crippen molar-refractivity contribution >= 4 is 28.4 Å². The lowest BCUT2D eigenvalue weighted by Gasteiger charge is -2.34.